The molecular weight excluding hydrogens is 477 g/mol. The molecule has 4 nitrogen and oxygen atoms in total. The number of hydrogen-bond donors (Lipinski definition) is 1. The first-order valence-corrected chi connectivity index (χ1v) is 12.8. The number of allylic oxidation sites excluding steroid dienone is 1. The Labute approximate surface area is 216 Å². The zero-order chi connectivity index (χ0) is 25.2. The van der Waals surface area contributed by atoms with Gasteiger partial charge in [0.05, 0.1) is 6.67 Å². The summed E-state index contributed by atoms with van der Waals surface area (Å²) in [4.78, 5) is 2.30. The van der Waals surface area contributed by atoms with Gasteiger partial charge in [0.15, 0.2) is 0 Å². The van der Waals surface area contributed by atoms with Gasteiger partial charge in [0, 0.05) is 46.1 Å². The Balaban J connectivity index is 1.39. The summed E-state index contributed by atoms with van der Waals surface area (Å²) in [5, 5.41) is 10.7. The van der Waals surface area contributed by atoms with E-state index in [1.54, 1.807) is 12.1 Å². The van der Waals surface area contributed by atoms with Crippen molar-refractivity contribution in [2.75, 3.05) is 26.4 Å². The Morgan fingerprint density at radius 1 is 1.08 bits per heavy atom. The van der Waals surface area contributed by atoms with Gasteiger partial charge in [-0.3, -0.25) is 9.29 Å². The van der Waals surface area contributed by atoms with Crippen LogP contribution in [-0.2, 0) is 0 Å². The van der Waals surface area contributed by atoms with Crippen LogP contribution in [0.5, 0.6) is 17.2 Å². The minimum atomic E-state index is -0.244. The van der Waals surface area contributed by atoms with E-state index in [9.17, 15) is 9.50 Å². The molecule has 0 spiro atoms. The summed E-state index contributed by atoms with van der Waals surface area (Å²) in [6.45, 7) is 6.29. The topological polar surface area (TPSA) is 41.9 Å². The Morgan fingerprint density at radius 2 is 1.81 bits per heavy atom. The first-order chi connectivity index (χ1) is 17.4. The number of alkyl halides is 1. The molecule has 0 amide bonds. The zero-order valence-corrected chi connectivity index (χ0v) is 21.3. The van der Waals surface area contributed by atoms with E-state index in [2.05, 4.69) is 18.7 Å². The van der Waals surface area contributed by atoms with E-state index in [1.165, 1.54) is 0 Å². The molecule has 0 bridgehead atoms. The van der Waals surface area contributed by atoms with Crippen LogP contribution in [0.1, 0.15) is 42.9 Å². The van der Waals surface area contributed by atoms with Crippen LogP contribution in [-0.4, -0.2) is 42.4 Å². The Bertz CT molecular complexity index is 1240. The maximum absolute atomic E-state index is 13.0. The van der Waals surface area contributed by atoms with E-state index in [4.69, 9.17) is 21.1 Å². The van der Waals surface area contributed by atoms with Crippen molar-refractivity contribution in [2.45, 2.75) is 32.2 Å². The third kappa shape index (κ3) is 5.09. The van der Waals surface area contributed by atoms with E-state index >= 15 is 0 Å². The molecule has 2 aliphatic rings. The predicted octanol–water partition coefficient (Wildman–Crippen LogP) is 7.17. The molecule has 0 radical (unpaired) electrons. The van der Waals surface area contributed by atoms with Crippen LogP contribution >= 0.6 is 11.6 Å². The standard InChI is InChI=1S/C30H31ClFNO3/c1-19(33-14-13-21(16-32)17-33)18-35-26-10-5-23(6-11-26)30-29(22-3-7-24(31)8-4-22)20(2)27-15-25(34)9-12-28(27)36-30/h3-12,15,19-21,34H,13-14,16-18H2,1-2H3/t19-,20?,21?/m0/s1. The number of likely N-dealkylation sites (tertiary alicyclic amines) is 1. The number of phenols is 1. The Hall–Kier alpha value is -3.02. The molecule has 188 valence electrons. The number of rotatable bonds is 7. The molecule has 0 aliphatic carbocycles. The number of aromatic hydroxyl groups is 1. The summed E-state index contributed by atoms with van der Waals surface area (Å²) in [5.74, 6) is 2.67. The monoisotopic (exact) mass is 507 g/mol. The molecule has 0 saturated carbocycles. The van der Waals surface area contributed by atoms with Crippen LogP contribution in [0.15, 0.2) is 66.7 Å². The SMILES string of the molecule is CC1C(c2ccc(Cl)cc2)=C(c2ccc(OC[C@H](C)N3CCC(CF)C3)cc2)Oc2ccc(O)cc21. The van der Waals surface area contributed by atoms with Crippen molar-refractivity contribution < 1.29 is 19.0 Å². The molecule has 0 aromatic heterocycles. The molecule has 1 N–H and O–H groups in total. The van der Waals surface area contributed by atoms with Crippen molar-refractivity contribution in [3.8, 4) is 17.2 Å². The van der Waals surface area contributed by atoms with Gasteiger partial charge in [-0.1, -0.05) is 30.7 Å². The molecule has 2 unspecified atom stereocenters. The van der Waals surface area contributed by atoms with Crippen LogP contribution < -0.4 is 9.47 Å². The van der Waals surface area contributed by atoms with Crippen molar-refractivity contribution in [1.29, 1.82) is 0 Å². The Kier molecular flexibility index (Phi) is 7.22. The molecule has 1 fully saturated rings. The van der Waals surface area contributed by atoms with E-state index in [-0.39, 0.29) is 30.3 Å². The summed E-state index contributed by atoms with van der Waals surface area (Å²) in [6, 6.07) is 21.1. The number of nitrogens with zero attached hydrogens (tertiary/aromatic N) is 1. The van der Waals surface area contributed by atoms with Crippen molar-refractivity contribution in [2.24, 2.45) is 5.92 Å². The molecule has 2 aliphatic heterocycles. The number of fused-ring (bicyclic) bond motifs is 1. The highest BCUT2D eigenvalue weighted by Gasteiger charge is 2.29. The molecule has 3 aromatic carbocycles. The van der Waals surface area contributed by atoms with E-state index in [0.717, 1.165) is 59.0 Å². The first-order valence-electron chi connectivity index (χ1n) is 12.5. The van der Waals surface area contributed by atoms with Crippen molar-refractivity contribution in [3.63, 3.8) is 0 Å². The number of phenolic OH excluding ortho intramolecular Hbond substituents is 1. The molecule has 1 saturated heterocycles. The maximum atomic E-state index is 13.0. The highest BCUT2D eigenvalue weighted by atomic mass is 35.5. The van der Waals surface area contributed by atoms with Gasteiger partial charge in [-0.2, -0.15) is 0 Å². The highest BCUT2D eigenvalue weighted by molar-refractivity contribution is 6.30. The summed E-state index contributed by atoms with van der Waals surface area (Å²) in [5.41, 5.74) is 3.93. The first kappa shape index (κ1) is 24.7. The molecule has 2 heterocycles. The second-order valence-electron chi connectivity index (χ2n) is 9.78. The minimum absolute atomic E-state index is 0.00223. The lowest BCUT2D eigenvalue weighted by Crippen LogP contribution is -2.35. The van der Waals surface area contributed by atoms with Gasteiger partial charge < -0.3 is 14.6 Å². The summed E-state index contributed by atoms with van der Waals surface area (Å²) in [7, 11) is 0. The maximum Gasteiger partial charge on any atom is 0.139 e. The van der Waals surface area contributed by atoms with Crippen LogP contribution in [0.25, 0.3) is 11.3 Å². The van der Waals surface area contributed by atoms with Crippen molar-refractivity contribution in [1.82, 2.24) is 4.90 Å². The normalized spacial score (nSPS) is 20.7. The molecule has 36 heavy (non-hydrogen) atoms. The minimum Gasteiger partial charge on any atom is -0.508 e. The van der Waals surface area contributed by atoms with Crippen LogP contribution in [0.2, 0.25) is 5.02 Å². The average molecular weight is 508 g/mol. The van der Waals surface area contributed by atoms with Crippen LogP contribution in [0, 0.1) is 5.92 Å². The third-order valence-corrected chi connectivity index (χ3v) is 7.52. The summed E-state index contributed by atoms with van der Waals surface area (Å²) >= 11 is 6.15. The zero-order valence-electron chi connectivity index (χ0n) is 20.6. The van der Waals surface area contributed by atoms with E-state index < -0.39 is 0 Å². The summed E-state index contributed by atoms with van der Waals surface area (Å²) in [6.07, 6.45) is 0.918. The molecule has 3 atom stereocenters. The number of benzene rings is 3. The fourth-order valence-corrected chi connectivity index (χ4v) is 5.25. The quantitative estimate of drug-likeness (QED) is 0.368. The lowest BCUT2D eigenvalue weighted by molar-refractivity contribution is 0.165. The number of hydrogen-bond acceptors (Lipinski definition) is 4. The van der Waals surface area contributed by atoms with Gasteiger partial charge in [-0.05, 0) is 80.1 Å². The third-order valence-electron chi connectivity index (χ3n) is 7.27. The second-order valence-corrected chi connectivity index (χ2v) is 10.2. The smallest absolute Gasteiger partial charge is 0.139 e. The fourth-order valence-electron chi connectivity index (χ4n) is 5.12. The molecular formula is C30H31ClFNO3. The van der Waals surface area contributed by atoms with Gasteiger partial charge in [-0.25, -0.2) is 0 Å². The molecule has 3 aromatic rings. The summed E-state index contributed by atoms with van der Waals surface area (Å²) < 4.78 is 25.5. The van der Waals surface area contributed by atoms with Crippen molar-refractivity contribution >= 4 is 22.9 Å². The van der Waals surface area contributed by atoms with E-state index in [1.807, 2.05) is 54.6 Å². The van der Waals surface area contributed by atoms with Gasteiger partial charge in [-0.15, -0.1) is 0 Å². The average Bonchev–Trinajstić information content (AvgIpc) is 3.38. The predicted molar refractivity (Wildman–Crippen MR) is 142 cm³/mol. The largest absolute Gasteiger partial charge is 0.508 e. The highest BCUT2D eigenvalue weighted by Crippen LogP contribution is 2.47. The van der Waals surface area contributed by atoms with Crippen LogP contribution in [0.4, 0.5) is 4.39 Å². The lowest BCUT2D eigenvalue weighted by Gasteiger charge is -2.29. The molecule has 5 rings (SSSR count). The second kappa shape index (κ2) is 10.5. The fraction of sp³-hybridized carbons (Fsp3) is 0.333. The van der Waals surface area contributed by atoms with Gasteiger partial charge in [0.1, 0.15) is 29.6 Å². The van der Waals surface area contributed by atoms with Crippen molar-refractivity contribution in [3.05, 3.63) is 88.4 Å². The number of halogens is 2. The Morgan fingerprint density at radius 3 is 2.50 bits per heavy atom. The van der Waals surface area contributed by atoms with Crippen LogP contribution in [0.3, 0.4) is 0 Å². The van der Waals surface area contributed by atoms with Gasteiger partial charge in [0.2, 0.25) is 0 Å². The van der Waals surface area contributed by atoms with E-state index in [0.29, 0.717) is 11.6 Å². The number of ether oxygens (including phenoxy) is 2. The molecule has 6 heteroatoms. The lowest BCUT2D eigenvalue weighted by atomic mass is 9.83. The van der Waals surface area contributed by atoms with Gasteiger partial charge in [0.25, 0.3) is 0 Å². The van der Waals surface area contributed by atoms with Gasteiger partial charge >= 0.3 is 0 Å².